The summed E-state index contributed by atoms with van der Waals surface area (Å²) in [6.07, 6.45) is 0. The number of nitriles is 1. The molecule has 0 radical (unpaired) electrons. The molecule has 2 rings (SSSR count). The fourth-order valence-electron chi connectivity index (χ4n) is 1.79. The molecule has 108 valence electrons. The van der Waals surface area contributed by atoms with E-state index in [4.69, 9.17) is 31.9 Å². The van der Waals surface area contributed by atoms with Crippen LogP contribution in [0.5, 0.6) is 5.75 Å². The van der Waals surface area contributed by atoms with Gasteiger partial charge in [-0.3, -0.25) is 10.2 Å². The highest BCUT2D eigenvalue weighted by Crippen LogP contribution is 2.26. The smallest absolute Gasteiger partial charge is 0.301 e. The molecule has 3 N–H and O–H groups in total. The molecule has 21 heavy (non-hydrogen) atoms. The molecule has 0 aliphatic rings. The highest BCUT2D eigenvalue weighted by molar-refractivity contribution is 6.31. The number of carbonyl (C=O) groups is 1. The third kappa shape index (κ3) is 3.16. The minimum Gasteiger partial charge on any atom is -0.484 e. The molecule has 0 saturated heterocycles. The summed E-state index contributed by atoms with van der Waals surface area (Å²) < 4.78 is 10.9. The van der Waals surface area contributed by atoms with Crippen LogP contribution in [0.2, 0.25) is 5.02 Å². The number of hydrogen-bond acceptors (Lipinski definition) is 5. The first-order chi connectivity index (χ1) is 10.1. The maximum atomic E-state index is 11.4. The number of nitrogens with zero attached hydrogens (tertiary/aromatic N) is 1. The highest BCUT2D eigenvalue weighted by atomic mass is 35.5. The van der Waals surface area contributed by atoms with Gasteiger partial charge in [-0.2, -0.15) is 5.26 Å². The van der Waals surface area contributed by atoms with Crippen LogP contribution in [0.4, 0.5) is 0 Å². The van der Waals surface area contributed by atoms with Crippen LogP contribution in [0, 0.1) is 18.3 Å². The molecule has 0 bridgehead atoms. The zero-order chi connectivity index (χ0) is 15.4. The second kappa shape index (κ2) is 6.31. The van der Waals surface area contributed by atoms with Crippen LogP contribution >= 0.6 is 11.6 Å². The van der Waals surface area contributed by atoms with Gasteiger partial charge in [0, 0.05) is 5.56 Å². The van der Waals surface area contributed by atoms with E-state index in [0.29, 0.717) is 22.1 Å². The van der Waals surface area contributed by atoms with E-state index in [1.165, 1.54) is 0 Å². The Morgan fingerprint density at radius 3 is 3.00 bits per heavy atom. The van der Waals surface area contributed by atoms with E-state index in [2.05, 4.69) is 0 Å². The van der Waals surface area contributed by atoms with Crippen LogP contribution < -0.4 is 16.0 Å². The van der Waals surface area contributed by atoms with Gasteiger partial charge in [0.2, 0.25) is 0 Å². The lowest BCUT2D eigenvalue weighted by atomic mass is 10.2. The first kappa shape index (κ1) is 14.9. The van der Waals surface area contributed by atoms with E-state index in [1.54, 1.807) is 31.2 Å². The first-order valence-corrected chi connectivity index (χ1v) is 6.36. The zero-order valence-electron chi connectivity index (χ0n) is 11.1. The second-order valence-corrected chi connectivity index (χ2v) is 4.62. The summed E-state index contributed by atoms with van der Waals surface area (Å²) in [4.78, 5) is 11.4. The fourth-order valence-corrected chi connectivity index (χ4v) is 2.00. The molecule has 0 spiro atoms. The summed E-state index contributed by atoms with van der Waals surface area (Å²) in [5, 5.41) is 9.36. The van der Waals surface area contributed by atoms with E-state index >= 15 is 0 Å². The Hall–Kier alpha value is -2.49. The maximum Gasteiger partial charge on any atom is 0.301 e. The zero-order valence-corrected chi connectivity index (χ0v) is 11.9. The number of nitrogens with one attached hydrogen (secondary N) is 1. The lowest BCUT2D eigenvalue weighted by Crippen LogP contribution is -2.30. The monoisotopic (exact) mass is 305 g/mol. The molecule has 0 unspecified atom stereocenters. The summed E-state index contributed by atoms with van der Waals surface area (Å²) in [5.74, 6) is 5.46. The number of ether oxygens (including phenoxy) is 1. The number of hydrogen-bond donors (Lipinski definition) is 2. The summed E-state index contributed by atoms with van der Waals surface area (Å²) >= 11 is 5.91. The molecule has 1 aromatic carbocycles. The van der Waals surface area contributed by atoms with Gasteiger partial charge >= 0.3 is 5.91 Å². The number of hydrazine groups is 1. The van der Waals surface area contributed by atoms with Crippen molar-refractivity contribution < 1.29 is 13.9 Å². The van der Waals surface area contributed by atoms with Crippen molar-refractivity contribution in [2.75, 3.05) is 0 Å². The molecule has 7 heteroatoms. The molecule has 6 nitrogen and oxygen atoms in total. The summed E-state index contributed by atoms with van der Waals surface area (Å²) in [5.41, 5.74) is 2.89. The van der Waals surface area contributed by atoms with Gasteiger partial charge in [0.25, 0.3) is 0 Å². The summed E-state index contributed by atoms with van der Waals surface area (Å²) in [7, 11) is 0. The Balaban J connectivity index is 2.16. The topological polar surface area (TPSA) is 101 Å². The fraction of sp³-hybridized carbons (Fsp3) is 0.143. The van der Waals surface area contributed by atoms with Gasteiger partial charge in [0.15, 0.2) is 5.76 Å². The predicted molar refractivity (Wildman–Crippen MR) is 75.6 cm³/mol. The largest absolute Gasteiger partial charge is 0.484 e. The molecule has 0 atom stereocenters. The van der Waals surface area contributed by atoms with Crippen molar-refractivity contribution in [2.45, 2.75) is 13.5 Å². The normalized spacial score (nSPS) is 10.0. The van der Waals surface area contributed by atoms with E-state index in [1.807, 2.05) is 11.5 Å². The number of aryl methyl sites for hydroxylation is 1. The number of halogens is 1. The summed E-state index contributed by atoms with van der Waals surface area (Å²) in [6, 6.07) is 8.56. The molecule has 1 amide bonds. The number of carbonyl (C=O) groups excluding carboxylic acids is 1. The van der Waals surface area contributed by atoms with Crippen molar-refractivity contribution in [3.63, 3.8) is 0 Å². The number of rotatable bonds is 4. The van der Waals surface area contributed by atoms with E-state index in [9.17, 15) is 4.79 Å². The predicted octanol–water partition coefficient (Wildman–Crippen LogP) is 2.30. The maximum absolute atomic E-state index is 11.4. The number of furan rings is 1. The average molecular weight is 306 g/mol. The third-order valence-corrected chi connectivity index (χ3v) is 3.08. The molecular formula is C14H12ClN3O3. The third-order valence-electron chi connectivity index (χ3n) is 2.76. The molecule has 0 aliphatic carbocycles. The molecule has 0 fully saturated rings. The van der Waals surface area contributed by atoms with Gasteiger partial charge in [-0.1, -0.05) is 17.7 Å². The van der Waals surface area contributed by atoms with Crippen molar-refractivity contribution in [2.24, 2.45) is 5.84 Å². The van der Waals surface area contributed by atoms with Crippen molar-refractivity contribution in [1.82, 2.24) is 5.43 Å². The van der Waals surface area contributed by atoms with Gasteiger partial charge in [0.05, 0.1) is 5.02 Å². The molecule has 1 heterocycles. The standard InChI is InChI=1S/C14H12ClN3O3/c1-8-5-9(21-13(8)14(19)18-17)7-20-12-4-2-3-11(15)10(12)6-16/h2-5H,7,17H2,1H3,(H,18,19). The van der Waals surface area contributed by atoms with E-state index < -0.39 is 5.91 Å². The number of nitrogen functional groups attached to an aromatic ring is 1. The SMILES string of the molecule is Cc1cc(COc2cccc(Cl)c2C#N)oc1C(=O)NN. The quantitative estimate of drug-likeness (QED) is 0.512. The number of amides is 1. The Kier molecular flexibility index (Phi) is 4.48. The molecule has 1 aromatic heterocycles. The van der Waals surface area contributed by atoms with Gasteiger partial charge in [-0.15, -0.1) is 0 Å². The van der Waals surface area contributed by atoms with E-state index in [0.717, 1.165) is 0 Å². The average Bonchev–Trinajstić information content (AvgIpc) is 2.85. The Labute approximate surface area is 126 Å². The molecule has 0 saturated carbocycles. The van der Waals surface area contributed by atoms with Crippen LogP contribution in [-0.4, -0.2) is 5.91 Å². The molecule has 0 aliphatic heterocycles. The van der Waals surface area contributed by atoms with Crippen LogP contribution in [0.15, 0.2) is 28.7 Å². The highest BCUT2D eigenvalue weighted by Gasteiger charge is 2.15. The minimum atomic E-state index is -0.515. The lowest BCUT2D eigenvalue weighted by molar-refractivity contribution is 0.0921. The summed E-state index contributed by atoms with van der Waals surface area (Å²) in [6.45, 7) is 1.78. The van der Waals surface area contributed by atoms with Crippen LogP contribution in [0.3, 0.4) is 0 Å². The van der Waals surface area contributed by atoms with Crippen molar-refractivity contribution >= 4 is 17.5 Å². The second-order valence-electron chi connectivity index (χ2n) is 4.21. The van der Waals surface area contributed by atoms with E-state index in [-0.39, 0.29) is 17.9 Å². The van der Waals surface area contributed by atoms with Gasteiger partial charge in [-0.05, 0) is 25.1 Å². The van der Waals surface area contributed by atoms with Crippen molar-refractivity contribution in [3.8, 4) is 11.8 Å². The first-order valence-electron chi connectivity index (χ1n) is 5.98. The minimum absolute atomic E-state index is 0.0632. The number of benzene rings is 1. The molecular weight excluding hydrogens is 294 g/mol. The van der Waals surface area contributed by atoms with Crippen LogP contribution in [-0.2, 0) is 6.61 Å². The van der Waals surface area contributed by atoms with Gasteiger partial charge in [0.1, 0.15) is 29.7 Å². The molecule has 2 aromatic rings. The van der Waals surface area contributed by atoms with Crippen LogP contribution in [0.25, 0.3) is 0 Å². The van der Waals surface area contributed by atoms with Crippen molar-refractivity contribution in [3.05, 3.63) is 51.9 Å². The van der Waals surface area contributed by atoms with Crippen LogP contribution in [0.1, 0.15) is 27.4 Å². The lowest BCUT2D eigenvalue weighted by Gasteiger charge is -2.06. The van der Waals surface area contributed by atoms with Gasteiger partial charge in [-0.25, -0.2) is 5.84 Å². The van der Waals surface area contributed by atoms with Gasteiger partial charge < -0.3 is 9.15 Å². The Bertz CT molecular complexity index is 719. The Morgan fingerprint density at radius 1 is 1.57 bits per heavy atom. The number of nitrogens with two attached hydrogens (primary N) is 1. The Morgan fingerprint density at radius 2 is 2.33 bits per heavy atom. The van der Waals surface area contributed by atoms with Crippen molar-refractivity contribution in [1.29, 1.82) is 5.26 Å².